The van der Waals surface area contributed by atoms with Crippen LogP contribution in [0.5, 0.6) is 0 Å². The summed E-state index contributed by atoms with van der Waals surface area (Å²) in [7, 11) is 4.14. The Hall–Kier alpha value is -1.39. The first-order valence-electron chi connectivity index (χ1n) is 7.17. The fourth-order valence-corrected chi connectivity index (χ4v) is 2.79. The molecule has 1 aliphatic rings. The van der Waals surface area contributed by atoms with Crippen molar-refractivity contribution < 1.29 is 14.6 Å². The predicted octanol–water partition coefficient (Wildman–Crippen LogP) is 3.12. The number of hydrogen-bond acceptors (Lipinski definition) is 3. The molecule has 1 saturated carbocycles. The van der Waals surface area contributed by atoms with E-state index >= 15 is 0 Å². The minimum absolute atomic E-state index is 0.163. The van der Waals surface area contributed by atoms with Crippen molar-refractivity contribution in [1.29, 1.82) is 0 Å². The molecule has 1 N–H and O–H groups in total. The molecule has 0 amide bonds. The van der Waals surface area contributed by atoms with Crippen molar-refractivity contribution in [3.8, 4) is 0 Å². The van der Waals surface area contributed by atoms with E-state index in [4.69, 9.17) is 9.84 Å². The molecule has 0 bridgehead atoms. The van der Waals surface area contributed by atoms with Gasteiger partial charge in [-0.3, -0.25) is 4.90 Å². The summed E-state index contributed by atoms with van der Waals surface area (Å²) in [5.74, 6) is -0.894. The minimum Gasteiger partial charge on any atom is -0.478 e. The number of carbonyl (C=O) groups is 1. The molecule has 4 heteroatoms. The average Bonchev–Trinajstić information content (AvgIpc) is 2.46. The molecule has 0 atom stereocenters. The Bertz CT molecular complexity index is 447. The number of carboxylic acid groups (broad SMARTS) is 1. The van der Waals surface area contributed by atoms with Crippen LogP contribution in [0.15, 0.2) is 24.3 Å². The number of nitrogens with zero attached hydrogens (tertiary/aromatic N) is 1. The van der Waals surface area contributed by atoms with Gasteiger partial charge in [0, 0.05) is 0 Å². The second-order valence-electron chi connectivity index (χ2n) is 5.69. The highest BCUT2D eigenvalue weighted by molar-refractivity contribution is 5.87. The molecule has 4 nitrogen and oxygen atoms in total. The third-order valence-corrected chi connectivity index (χ3v) is 4.16. The van der Waals surface area contributed by atoms with Gasteiger partial charge >= 0.3 is 5.97 Å². The van der Waals surface area contributed by atoms with Crippen molar-refractivity contribution in [3.63, 3.8) is 0 Å². The van der Waals surface area contributed by atoms with Crippen LogP contribution in [0.3, 0.4) is 0 Å². The zero-order valence-corrected chi connectivity index (χ0v) is 12.3. The van der Waals surface area contributed by atoms with Crippen molar-refractivity contribution >= 4 is 5.97 Å². The fourth-order valence-electron chi connectivity index (χ4n) is 2.79. The molecule has 20 heavy (non-hydrogen) atoms. The first-order valence-corrected chi connectivity index (χ1v) is 7.17. The predicted molar refractivity (Wildman–Crippen MR) is 77.7 cm³/mol. The molecule has 0 aromatic heterocycles. The van der Waals surface area contributed by atoms with Gasteiger partial charge in [-0.1, -0.05) is 18.6 Å². The van der Waals surface area contributed by atoms with Crippen LogP contribution in [-0.4, -0.2) is 35.8 Å². The van der Waals surface area contributed by atoms with E-state index < -0.39 is 5.97 Å². The highest BCUT2D eigenvalue weighted by Crippen LogP contribution is 2.34. The lowest BCUT2D eigenvalue weighted by Crippen LogP contribution is -2.48. The van der Waals surface area contributed by atoms with Gasteiger partial charge in [0.05, 0.1) is 12.2 Å². The van der Waals surface area contributed by atoms with E-state index in [0.29, 0.717) is 12.2 Å². The lowest BCUT2D eigenvalue weighted by molar-refractivity contribution is -0.166. The Kier molecular flexibility index (Phi) is 4.78. The van der Waals surface area contributed by atoms with Gasteiger partial charge in [0.15, 0.2) is 0 Å². The van der Waals surface area contributed by atoms with Gasteiger partial charge in [-0.05, 0) is 57.5 Å². The Morgan fingerprint density at radius 1 is 1.20 bits per heavy atom. The molecule has 1 fully saturated rings. The molecular weight excluding hydrogens is 254 g/mol. The lowest BCUT2D eigenvalue weighted by atomic mass is 9.90. The second-order valence-corrected chi connectivity index (χ2v) is 5.69. The largest absolute Gasteiger partial charge is 0.478 e. The van der Waals surface area contributed by atoms with Crippen LogP contribution >= 0.6 is 0 Å². The molecule has 0 aliphatic heterocycles. The van der Waals surface area contributed by atoms with E-state index in [-0.39, 0.29) is 5.72 Å². The lowest BCUT2D eigenvalue weighted by Gasteiger charge is -2.42. The molecule has 1 aromatic carbocycles. The molecule has 110 valence electrons. The summed E-state index contributed by atoms with van der Waals surface area (Å²) in [4.78, 5) is 13.0. The van der Waals surface area contributed by atoms with Crippen LogP contribution in [0.2, 0.25) is 0 Å². The summed E-state index contributed by atoms with van der Waals surface area (Å²) in [5.41, 5.74) is 1.17. The van der Waals surface area contributed by atoms with E-state index in [1.807, 2.05) is 12.1 Å². The van der Waals surface area contributed by atoms with Crippen LogP contribution in [0.1, 0.15) is 48.0 Å². The number of rotatable bonds is 5. The molecule has 1 aliphatic carbocycles. The van der Waals surface area contributed by atoms with Gasteiger partial charge in [-0.15, -0.1) is 0 Å². The first kappa shape index (κ1) is 15.0. The van der Waals surface area contributed by atoms with E-state index in [1.165, 1.54) is 19.3 Å². The average molecular weight is 277 g/mol. The molecule has 0 radical (unpaired) electrons. The van der Waals surface area contributed by atoms with Gasteiger partial charge in [0.2, 0.25) is 0 Å². The maximum absolute atomic E-state index is 10.8. The van der Waals surface area contributed by atoms with Crippen molar-refractivity contribution in [2.45, 2.75) is 44.4 Å². The maximum Gasteiger partial charge on any atom is 0.335 e. The number of carboxylic acids is 1. The smallest absolute Gasteiger partial charge is 0.335 e. The second kappa shape index (κ2) is 6.37. The number of hydrogen-bond donors (Lipinski definition) is 1. The molecular formula is C16H23NO3. The quantitative estimate of drug-likeness (QED) is 0.840. The highest BCUT2D eigenvalue weighted by Gasteiger charge is 2.35. The molecule has 0 spiro atoms. The molecule has 0 saturated heterocycles. The molecule has 0 unspecified atom stereocenters. The highest BCUT2D eigenvalue weighted by atomic mass is 16.5. The zero-order valence-electron chi connectivity index (χ0n) is 12.3. The SMILES string of the molecule is CN(C)C1(OCc2ccc(C(=O)O)cc2)CCCCC1. The number of aromatic carboxylic acids is 1. The van der Waals surface area contributed by atoms with Crippen LogP contribution in [0, 0.1) is 0 Å². The summed E-state index contributed by atoms with van der Waals surface area (Å²) in [6.45, 7) is 0.526. The van der Waals surface area contributed by atoms with Crippen LogP contribution in [0.25, 0.3) is 0 Å². The van der Waals surface area contributed by atoms with E-state index in [9.17, 15) is 4.79 Å². The molecule has 1 aromatic rings. The Balaban J connectivity index is 2.00. The van der Waals surface area contributed by atoms with E-state index in [1.54, 1.807) is 12.1 Å². The van der Waals surface area contributed by atoms with Crippen molar-refractivity contribution in [3.05, 3.63) is 35.4 Å². The number of ether oxygens (including phenoxy) is 1. The van der Waals surface area contributed by atoms with E-state index in [2.05, 4.69) is 19.0 Å². The van der Waals surface area contributed by atoms with Gasteiger partial charge in [-0.2, -0.15) is 0 Å². The molecule has 0 heterocycles. The van der Waals surface area contributed by atoms with Crippen molar-refractivity contribution in [2.24, 2.45) is 0 Å². The first-order chi connectivity index (χ1) is 9.53. The fraction of sp³-hybridized carbons (Fsp3) is 0.562. The zero-order chi connectivity index (χ0) is 14.6. The summed E-state index contributed by atoms with van der Waals surface area (Å²) in [6.07, 6.45) is 5.82. The third-order valence-electron chi connectivity index (χ3n) is 4.16. The summed E-state index contributed by atoms with van der Waals surface area (Å²) in [5, 5.41) is 8.89. The van der Waals surface area contributed by atoms with Crippen LogP contribution in [0.4, 0.5) is 0 Å². The van der Waals surface area contributed by atoms with Gasteiger partial charge in [0.1, 0.15) is 5.72 Å². The van der Waals surface area contributed by atoms with Crippen molar-refractivity contribution in [2.75, 3.05) is 14.1 Å². The van der Waals surface area contributed by atoms with Gasteiger partial charge in [0.25, 0.3) is 0 Å². The Morgan fingerprint density at radius 3 is 2.30 bits per heavy atom. The normalized spacial score (nSPS) is 18.1. The van der Waals surface area contributed by atoms with Crippen LogP contribution in [-0.2, 0) is 11.3 Å². The third kappa shape index (κ3) is 3.38. The Labute approximate surface area is 120 Å². The Morgan fingerprint density at radius 2 is 1.80 bits per heavy atom. The molecule has 2 rings (SSSR count). The maximum atomic E-state index is 10.8. The van der Waals surface area contributed by atoms with Crippen LogP contribution < -0.4 is 0 Å². The summed E-state index contributed by atoms with van der Waals surface area (Å²) in [6, 6.07) is 6.92. The topological polar surface area (TPSA) is 49.8 Å². The van der Waals surface area contributed by atoms with E-state index in [0.717, 1.165) is 18.4 Å². The standard InChI is InChI=1S/C16H23NO3/c1-17(2)16(10-4-3-5-11-16)20-12-13-6-8-14(9-7-13)15(18)19/h6-9H,3-5,10-12H2,1-2H3,(H,18,19). The number of benzene rings is 1. The van der Waals surface area contributed by atoms with Crippen molar-refractivity contribution in [1.82, 2.24) is 4.90 Å². The minimum atomic E-state index is -0.894. The summed E-state index contributed by atoms with van der Waals surface area (Å²) >= 11 is 0. The van der Waals surface area contributed by atoms with Gasteiger partial charge in [-0.25, -0.2) is 4.79 Å². The van der Waals surface area contributed by atoms with Gasteiger partial charge < -0.3 is 9.84 Å². The summed E-state index contributed by atoms with van der Waals surface area (Å²) < 4.78 is 6.20. The monoisotopic (exact) mass is 277 g/mol.